The van der Waals surface area contributed by atoms with E-state index in [1.807, 2.05) is 13.0 Å². The van der Waals surface area contributed by atoms with E-state index >= 15 is 0 Å². The lowest BCUT2D eigenvalue weighted by atomic mass is 9.79. The molecule has 162 valence electrons. The summed E-state index contributed by atoms with van der Waals surface area (Å²) in [7, 11) is 0. The minimum absolute atomic E-state index is 0.0842. The lowest BCUT2D eigenvalue weighted by Crippen LogP contribution is -2.37. The van der Waals surface area contributed by atoms with Crippen LogP contribution < -0.4 is 4.74 Å². The van der Waals surface area contributed by atoms with E-state index in [0.717, 1.165) is 31.1 Å². The van der Waals surface area contributed by atoms with Gasteiger partial charge in [-0.25, -0.2) is 4.39 Å². The Morgan fingerprint density at radius 3 is 2.53 bits per heavy atom. The molecule has 3 rings (SSSR count). The highest BCUT2D eigenvalue weighted by Crippen LogP contribution is 2.41. The van der Waals surface area contributed by atoms with Crippen molar-refractivity contribution in [1.82, 2.24) is 0 Å². The molecule has 30 heavy (non-hydrogen) atoms. The minimum atomic E-state index is -3.22. The van der Waals surface area contributed by atoms with Crippen molar-refractivity contribution in [2.45, 2.75) is 64.4 Å². The molecule has 0 unspecified atom stereocenters. The Hall–Kier alpha value is -2.23. The molecule has 2 aromatic carbocycles. The van der Waals surface area contributed by atoms with Gasteiger partial charge in [-0.05, 0) is 105 Å². The third-order valence-corrected chi connectivity index (χ3v) is 6.15. The van der Waals surface area contributed by atoms with Gasteiger partial charge in [0.15, 0.2) is 0 Å². The van der Waals surface area contributed by atoms with Gasteiger partial charge < -0.3 is 4.74 Å². The van der Waals surface area contributed by atoms with Crippen molar-refractivity contribution in [3.8, 4) is 5.75 Å². The van der Waals surface area contributed by atoms with E-state index in [0.29, 0.717) is 42.6 Å². The number of halogens is 3. The van der Waals surface area contributed by atoms with Gasteiger partial charge in [0.25, 0.3) is 0 Å². The van der Waals surface area contributed by atoms with Crippen LogP contribution in [-0.2, 0) is 6.42 Å². The molecule has 0 saturated heterocycles. The monoisotopic (exact) mass is 416 g/mol. The largest absolute Gasteiger partial charge is 0.432 e. The van der Waals surface area contributed by atoms with Crippen LogP contribution in [-0.4, -0.2) is 6.11 Å². The van der Waals surface area contributed by atoms with Gasteiger partial charge in [0, 0.05) is 0 Å². The topological polar surface area (TPSA) is 9.23 Å². The molecule has 0 heterocycles. The molecule has 0 radical (unpaired) electrons. The van der Waals surface area contributed by atoms with Crippen molar-refractivity contribution in [1.29, 1.82) is 0 Å². The average molecular weight is 417 g/mol. The van der Waals surface area contributed by atoms with Crippen LogP contribution in [0.15, 0.2) is 55.1 Å². The summed E-state index contributed by atoms with van der Waals surface area (Å²) in [5, 5.41) is 1.38. The quantitative estimate of drug-likeness (QED) is 0.374. The summed E-state index contributed by atoms with van der Waals surface area (Å²) in [6.07, 6.45) is 8.62. The van der Waals surface area contributed by atoms with Gasteiger partial charge in [0.1, 0.15) is 11.6 Å². The second-order valence-corrected chi connectivity index (χ2v) is 8.31. The van der Waals surface area contributed by atoms with Crippen LogP contribution >= 0.6 is 0 Å². The van der Waals surface area contributed by atoms with Crippen LogP contribution in [0.1, 0.15) is 57.4 Å². The normalized spacial score (nSPS) is 20.0. The number of rotatable bonds is 9. The first-order chi connectivity index (χ1) is 14.4. The molecular formula is C26H31F3O. The van der Waals surface area contributed by atoms with Crippen LogP contribution in [0.4, 0.5) is 13.2 Å². The molecule has 1 aliphatic carbocycles. The first kappa shape index (κ1) is 22.5. The van der Waals surface area contributed by atoms with Gasteiger partial charge in [-0.15, -0.1) is 6.58 Å². The van der Waals surface area contributed by atoms with Gasteiger partial charge in [-0.1, -0.05) is 24.3 Å². The van der Waals surface area contributed by atoms with Crippen molar-refractivity contribution in [2.75, 3.05) is 0 Å². The summed E-state index contributed by atoms with van der Waals surface area (Å²) in [5.74, 6) is -0.498. The molecule has 0 aliphatic heterocycles. The molecule has 1 aliphatic rings. The van der Waals surface area contributed by atoms with Gasteiger partial charge in [-0.2, -0.15) is 8.78 Å². The molecule has 1 nitrogen and oxygen atoms in total. The molecular weight excluding hydrogens is 385 g/mol. The predicted molar refractivity (Wildman–Crippen MR) is 117 cm³/mol. The minimum Gasteiger partial charge on any atom is -0.432 e. The van der Waals surface area contributed by atoms with Crippen LogP contribution in [0.25, 0.3) is 10.8 Å². The molecule has 4 heteroatoms. The lowest BCUT2D eigenvalue weighted by Gasteiger charge is -2.33. The first-order valence-electron chi connectivity index (χ1n) is 10.9. The third kappa shape index (κ3) is 5.68. The van der Waals surface area contributed by atoms with E-state index in [1.165, 1.54) is 12.1 Å². The summed E-state index contributed by atoms with van der Waals surface area (Å²) in [6.45, 7) is 5.66. The fourth-order valence-corrected chi connectivity index (χ4v) is 4.33. The molecule has 1 saturated carbocycles. The Morgan fingerprint density at radius 2 is 1.83 bits per heavy atom. The lowest BCUT2D eigenvalue weighted by molar-refractivity contribution is -0.223. The molecule has 0 bridgehead atoms. The summed E-state index contributed by atoms with van der Waals surface area (Å²) in [6, 6.07) is 7.94. The number of aryl methyl sites for hydroxylation is 1. The SMILES string of the molecule is C=CCCc1cc2ccc(OC(F)(F)C3CCC(CC/C=C/C)CC3)cc2cc1F. The van der Waals surface area contributed by atoms with E-state index in [4.69, 9.17) is 4.74 Å². The first-order valence-corrected chi connectivity index (χ1v) is 10.9. The standard InChI is InChI=1S/C26H31F3O/c1-3-5-7-8-19-10-13-23(14-11-19)26(28,29)30-24-15-12-20-16-21(9-6-4-2)25(27)18-22(20)17-24/h3-5,12,15-19,23H,2,6-11,13-14H2,1H3/b5-3+. The van der Waals surface area contributed by atoms with Crippen molar-refractivity contribution in [3.05, 3.63) is 66.5 Å². The molecule has 0 aromatic heterocycles. The fourth-order valence-electron chi connectivity index (χ4n) is 4.33. The maximum atomic E-state index is 14.8. The molecule has 0 spiro atoms. The highest BCUT2D eigenvalue weighted by atomic mass is 19.3. The number of allylic oxidation sites excluding steroid dienone is 3. The highest BCUT2D eigenvalue weighted by molar-refractivity contribution is 5.84. The summed E-state index contributed by atoms with van der Waals surface area (Å²) >= 11 is 0. The van der Waals surface area contributed by atoms with Crippen LogP contribution in [0.2, 0.25) is 0 Å². The van der Waals surface area contributed by atoms with Gasteiger partial charge >= 0.3 is 6.11 Å². The zero-order valence-corrected chi connectivity index (χ0v) is 17.7. The maximum absolute atomic E-state index is 14.8. The summed E-state index contributed by atoms with van der Waals surface area (Å²) in [4.78, 5) is 0. The van der Waals surface area contributed by atoms with Crippen LogP contribution in [0, 0.1) is 17.7 Å². The van der Waals surface area contributed by atoms with Crippen molar-refractivity contribution >= 4 is 10.8 Å². The second kappa shape index (κ2) is 10.2. The smallest absolute Gasteiger partial charge is 0.400 e. The number of hydrogen-bond acceptors (Lipinski definition) is 1. The number of alkyl halides is 2. The Bertz CT molecular complexity index is 879. The average Bonchev–Trinajstić information content (AvgIpc) is 2.72. The molecule has 0 amide bonds. The summed E-state index contributed by atoms with van der Waals surface area (Å²) in [5.41, 5.74) is 0.604. The van der Waals surface area contributed by atoms with Gasteiger partial charge in [-0.3, -0.25) is 0 Å². The van der Waals surface area contributed by atoms with E-state index in [-0.39, 0.29) is 11.6 Å². The number of hydrogen-bond donors (Lipinski definition) is 0. The zero-order valence-electron chi connectivity index (χ0n) is 17.7. The Morgan fingerprint density at radius 1 is 1.07 bits per heavy atom. The molecule has 0 N–H and O–H groups in total. The Kier molecular flexibility index (Phi) is 7.63. The van der Waals surface area contributed by atoms with E-state index < -0.39 is 12.0 Å². The summed E-state index contributed by atoms with van der Waals surface area (Å²) < 4.78 is 49.1. The third-order valence-electron chi connectivity index (χ3n) is 6.15. The molecule has 1 fully saturated rings. The highest BCUT2D eigenvalue weighted by Gasteiger charge is 2.43. The Balaban J connectivity index is 1.65. The number of fused-ring (bicyclic) bond motifs is 1. The van der Waals surface area contributed by atoms with Gasteiger partial charge in [0.05, 0.1) is 5.92 Å². The predicted octanol–water partition coefficient (Wildman–Crippen LogP) is 8.23. The maximum Gasteiger partial charge on any atom is 0.400 e. The van der Waals surface area contributed by atoms with Crippen molar-refractivity contribution in [3.63, 3.8) is 0 Å². The van der Waals surface area contributed by atoms with Crippen molar-refractivity contribution in [2.24, 2.45) is 11.8 Å². The number of ether oxygens (including phenoxy) is 1. The van der Waals surface area contributed by atoms with Gasteiger partial charge in [0.2, 0.25) is 0 Å². The Labute approximate surface area is 177 Å². The molecule has 0 atom stereocenters. The van der Waals surface area contributed by atoms with E-state index in [1.54, 1.807) is 24.3 Å². The van der Waals surface area contributed by atoms with Crippen LogP contribution in [0.3, 0.4) is 0 Å². The number of benzene rings is 2. The molecule has 2 aromatic rings. The van der Waals surface area contributed by atoms with E-state index in [2.05, 4.69) is 12.7 Å². The van der Waals surface area contributed by atoms with E-state index in [9.17, 15) is 13.2 Å². The fraction of sp³-hybridized carbons (Fsp3) is 0.462. The second-order valence-electron chi connectivity index (χ2n) is 8.31. The van der Waals surface area contributed by atoms with Crippen LogP contribution in [0.5, 0.6) is 5.75 Å². The van der Waals surface area contributed by atoms with Crippen molar-refractivity contribution < 1.29 is 17.9 Å². The zero-order chi connectivity index (χ0) is 21.6.